The number of carbonyl (C=O) groups excluding carboxylic acids is 2. The molecule has 0 spiro atoms. The van der Waals surface area contributed by atoms with Gasteiger partial charge in [-0.3, -0.25) is 14.5 Å². The Balaban J connectivity index is 0.00000288. The predicted molar refractivity (Wildman–Crippen MR) is 93.8 cm³/mol. The molecule has 2 rings (SSSR count). The molecule has 1 heterocycles. The van der Waals surface area contributed by atoms with Crippen molar-refractivity contribution in [3.05, 3.63) is 30.1 Å². The third-order valence-electron chi connectivity index (χ3n) is 4.01. The zero-order chi connectivity index (χ0) is 16.8. The quantitative estimate of drug-likeness (QED) is 0.822. The van der Waals surface area contributed by atoms with E-state index < -0.39 is 0 Å². The second-order valence-electron chi connectivity index (χ2n) is 5.62. The van der Waals surface area contributed by atoms with Gasteiger partial charge in [0, 0.05) is 31.9 Å². The van der Waals surface area contributed by atoms with Crippen LogP contribution in [0.25, 0.3) is 0 Å². The minimum Gasteiger partial charge on any atom is -0.339 e. The second-order valence-corrected chi connectivity index (χ2v) is 5.62. The molecule has 2 N–H and O–H groups in total. The SMILES string of the molecule is CNCC(=O)N1CCN(C(C)C(=O)Nc2cccc(F)c2)CC1.Cl. The van der Waals surface area contributed by atoms with Crippen molar-refractivity contribution in [2.75, 3.05) is 45.1 Å². The Morgan fingerprint density at radius 2 is 1.92 bits per heavy atom. The van der Waals surface area contributed by atoms with E-state index in [9.17, 15) is 14.0 Å². The fraction of sp³-hybridized carbons (Fsp3) is 0.500. The fourth-order valence-corrected chi connectivity index (χ4v) is 2.60. The largest absolute Gasteiger partial charge is 0.339 e. The Kier molecular flexibility index (Phi) is 8.10. The number of hydrogen-bond donors (Lipinski definition) is 2. The van der Waals surface area contributed by atoms with Crippen LogP contribution in [0.2, 0.25) is 0 Å². The first kappa shape index (κ1) is 20.3. The van der Waals surface area contributed by atoms with Crippen LogP contribution in [0.5, 0.6) is 0 Å². The van der Waals surface area contributed by atoms with E-state index in [4.69, 9.17) is 0 Å². The number of anilines is 1. The number of halogens is 2. The summed E-state index contributed by atoms with van der Waals surface area (Å²) in [6.07, 6.45) is 0. The maximum Gasteiger partial charge on any atom is 0.241 e. The van der Waals surface area contributed by atoms with Gasteiger partial charge in [0.15, 0.2) is 0 Å². The first-order chi connectivity index (χ1) is 11.0. The van der Waals surface area contributed by atoms with E-state index in [1.165, 1.54) is 12.1 Å². The van der Waals surface area contributed by atoms with E-state index in [1.54, 1.807) is 24.1 Å². The maximum absolute atomic E-state index is 13.2. The summed E-state index contributed by atoms with van der Waals surface area (Å²) in [5.41, 5.74) is 0.449. The van der Waals surface area contributed by atoms with Gasteiger partial charge in [-0.05, 0) is 32.2 Å². The summed E-state index contributed by atoms with van der Waals surface area (Å²) in [5, 5.41) is 5.57. The van der Waals surface area contributed by atoms with Crippen molar-refractivity contribution in [3.63, 3.8) is 0 Å². The topological polar surface area (TPSA) is 64.7 Å². The van der Waals surface area contributed by atoms with Crippen LogP contribution >= 0.6 is 12.4 Å². The highest BCUT2D eigenvalue weighted by Gasteiger charge is 2.27. The van der Waals surface area contributed by atoms with Gasteiger partial charge in [0.25, 0.3) is 0 Å². The van der Waals surface area contributed by atoms with E-state index in [0.717, 1.165) is 0 Å². The lowest BCUT2D eigenvalue weighted by Crippen LogP contribution is -2.55. The standard InChI is InChI=1S/C16H23FN4O2.ClH/c1-12(16(23)19-14-5-3-4-13(17)10-14)20-6-8-21(9-7-20)15(22)11-18-2;/h3-5,10,12,18H,6-9,11H2,1-2H3,(H,19,23);1H. The van der Waals surface area contributed by atoms with Gasteiger partial charge < -0.3 is 15.5 Å². The number of nitrogens with zero attached hydrogens (tertiary/aromatic N) is 2. The predicted octanol–water partition coefficient (Wildman–Crippen LogP) is 0.938. The van der Waals surface area contributed by atoms with Gasteiger partial charge in [-0.1, -0.05) is 6.07 Å². The molecule has 8 heteroatoms. The summed E-state index contributed by atoms with van der Waals surface area (Å²) in [6, 6.07) is 5.50. The lowest BCUT2D eigenvalue weighted by molar-refractivity contribution is -0.132. The van der Waals surface area contributed by atoms with Crippen molar-refractivity contribution in [3.8, 4) is 0 Å². The Hall–Kier alpha value is -1.70. The minimum atomic E-state index is -0.382. The highest BCUT2D eigenvalue weighted by molar-refractivity contribution is 5.94. The molecule has 1 aromatic carbocycles. The van der Waals surface area contributed by atoms with E-state index in [1.807, 2.05) is 11.8 Å². The minimum absolute atomic E-state index is 0. The van der Waals surface area contributed by atoms with Crippen molar-refractivity contribution < 1.29 is 14.0 Å². The lowest BCUT2D eigenvalue weighted by atomic mass is 10.2. The van der Waals surface area contributed by atoms with Crippen LogP contribution in [0.15, 0.2) is 24.3 Å². The molecule has 0 radical (unpaired) electrons. The lowest BCUT2D eigenvalue weighted by Gasteiger charge is -2.37. The van der Waals surface area contributed by atoms with E-state index >= 15 is 0 Å². The average molecular weight is 359 g/mol. The van der Waals surface area contributed by atoms with E-state index in [2.05, 4.69) is 10.6 Å². The highest BCUT2D eigenvalue weighted by atomic mass is 35.5. The molecule has 134 valence electrons. The first-order valence-corrected chi connectivity index (χ1v) is 7.74. The molecule has 1 atom stereocenters. The van der Waals surface area contributed by atoms with Gasteiger partial charge in [-0.2, -0.15) is 0 Å². The number of likely N-dealkylation sites (N-methyl/N-ethyl adjacent to an activating group) is 1. The van der Waals surface area contributed by atoms with Crippen LogP contribution in [0, 0.1) is 5.82 Å². The van der Waals surface area contributed by atoms with Crippen LogP contribution < -0.4 is 10.6 Å². The van der Waals surface area contributed by atoms with Crippen LogP contribution in [0.3, 0.4) is 0 Å². The Labute approximate surface area is 147 Å². The maximum atomic E-state index is 13.2. The number of piperazine rings is 1. The molecule has 1 aliphatic rings. The molecule has 1 unspecified atom stereocenters. The summed E-state index contributed by atoms with van der Waals surface area (Å²) in [7, 11) is 1.74. The monoisotopic (exact) mass is 358 g/mol. The summed E-state index contributed by atoms with van der Waals surface area (Å²) in [4.78, 5) is 27.9. The molecule has 1 aromatic rings. The molecular weight excluding hydrogens is 335 g/mol. The van der Waals surface area contributed by atoms with Gasteiger partial charge in [0.05, 0.1) is 12.6 Å². The normalized spacial score (nSPS) is 16.2. The molecule has 24 heavy (non-hydrogen) atoms. The highest BCUT2D eigenvalue weighted by Crippen LogP contribution is 2.12. The number of carbonyl (C=O) groups is 2. The van der Waals surface area contributed by atoms with Crippen molar-refractivity contribution in [2.45, 2.75) is 13.0 Å². The summed E-state index contributed by atoms with van der Waals surface area (Å²) < 4.78 is 13.2. The summed E-state index contributed by atoms with van der Waals surface area (Å²) >= 11 is 0. The number of hydrogen-bond acceptors (Lipinski definition) is 4. The Morgan fingerprint density at radius 1 is 1.25 bits per heavy atom. The van der Waals surface area contributed by atoms with Gasteiger partial charge >= 0.3 is 0 Å². The zero-order valence-corrected chi connectivity index (χ0v) is 14.7. The first-order valence-electron chi connectivity index (χ1n) is 7.74. The molecule has 0 bridgehead atoms. The fourth-order valence-electron chi connectivity index (χ4n) is 2.60. The molecule has 0 aliphatic carbocycles. The second kappa shape index (κ2) is 9.56. The number of amides is 2. The number of benzene rings is 1. The average Bonchev–Trinajstić information content (AvgIpc) is 2.54. The van der Waals surface area contributed by atoms with Crippen molar-refractivity contribution in [1.29, 1.82) is 0 Å². The van der Waals surface area contributed by atoms with Crippen molar-refractivity contribution in [2.24, 2.45) is 0 Å². The molecule has 1 aliphatic heterocycles. The van der Waals surface area contributed by atoms with E-state index in [-0.39, 0.29) is 36.1 Å². The van der Waals surface area contributed by atoms with Crippen molar-refractivity contribution >= 4 is 29.9 Å². The van der Waals surface area contributed by atoms with Gasteiger partial charge in [-0.15, -0.1) is 12.4 Å². The molecule has 2 amide bonds. The van der Waals surface area contributed by atoms with Gasteiger partial charge in [-0.25, -0.2) is 4.39 Å². The van der Waals surface area contributed by atoms with Crippen LogP contribution in [-0.2, 0) is 9.59 Å². The van der Waals surface area contributed by atoms with Gasteiger partial charge in [0.2, 0.25) is 11.8 Å². The van der Waals surface area contributed by atoms with Crippen LogP contribution in [0.4, 0.5) is 10.1 Å². The van der Waals surface area contributed by atoms with Crippen molar-refractivity contribution in [1.82, 2.24) is 15.1 Å². The van der Waals surface area contributed by atoms with Gasteiger partial charge in [0.1, 0.15) is 5.82 Å². The molecule has 1 fully saturated rings. The van der Waals surface area contributed by atoms with E-state index in [0.29, 0.717) is 38.4 Å². The third-order valence-corrected chi connectivity index (χ3v) is 4.01. The smallest absolute Gasteiger partial charge is 0.241 e. The Bertz CT molecular complexity index is 565. The third kappa shape index (κ3) is 5.43. The zero-order valence-electron chi connectivity index (χ0n) is 13.9. The molecule has 6 nitrogen and oxygen atoms in total. The molecular formula is C16H24ClFN4O2. The van der Waals surface area contributed by atoms with Crippen LogP contribution in [-0.4, -0.2) is 67.4 Å². The Morgan fingerprint density at radius 3 is 2.50 bits per heavy atom. The molecule has 0 saturated carbocycles. The molecule has 1 saturated heterocycles. The van der Waals surface area contributed by atoms with Crippen LogP contribution in [0.1, 0.15) is 6.92 Å². The summed E-state index contributed by atoms with van der Waals surface area (Å²) in [5.74, 6) is -0.485. The molecule has 0 aromatic heterocycles. The summed E-state index contributed by atoms with van der Waals surface area (Å²) in [6.45, 7) is 4.66. The number of nitrogens with one attached hydrogen (secondary N) is 2. The number of rotatable bonds is 5.